The van der Waals surface area contributed by atoms with Crippen molar-refractivity contribution in [1.29, 1.82) is 0 Å². The van der Waals surface area contributed by atoms with Gasteiger partial charge in [-0.3, -0.25) is 9.48 Å². The lowest BCUT2D eigenvalue weighted by atomic mass is 10.2. The van der Waals surface area contributed by atoms with Crippen LogP contribution in [0, 0.1) is 0 Å². The van der Waals surface area contributed by atoms with Gasteiger partial charge in [0.25, 0.3) is 5.91 Å². The Balaban J connectivity index is 1.72. The Kier molecular flexibility index (Phi) is 4.79. The number of hydrogen-bond donors (Lipinski definition) is 1. The molecule has 0 fully saturated rings. The van der Waals surface area contributed by atoms with Crippen molar-refractivity contribution in [2.75, 3.05) is 5.32 Å². The first-order chi connectivity index (χ1) is 11.1. The van der Waals surface area contributed by atoms with Gasteiger partial charge in [-0.15, -0.1) is 0 Å². The largest absolute Gasteiger partial charge is 0.319 e. The first-order valence-corrected chi connectivity index (χ1v) is 8.12. The van der Waals surface area contributed by atoms with Gasteiger partial charge in [-0.25, -0.2) is 0 Å². The number of hydrogen-bond acceptors (Lipinski definition) is 2. The molecule has 1 amide bonds. The average Bonchev–Trinajstić information content (AvgIpc) is 2.97. The van der Waals surface area contributed by atoms with E-state index in [4.69, 9.17) is 11.6 Å². The van der Waals surface area contributed by atoms with Crippen molar-refractivity contribution in [3.63, 3.8) is 0 Å². The van der Waals surface area contributed by atoms with Crippen LogP contribution in [0.25, 0.3) is 0 Å². The van der Waals surface area contributed by atoms with Gasteiger partial charge >= 0.3 is 0 Å². The minimum absolute atomic E-state index is 0.185. The van der Waals surface area contributed by atoms with E-state index in [1.165, 1.54) is 0 Å². The molecule has 0 radical (unpaired) electrons. The quantitative estimate of drug-likeness (QED) is 0.708. The topological polar surface area (TPSA) is 46.9 Å². The molecule has 0 aliphatic rings. The molecular weight excluding hydrogens is 378 g/mol. The minimum Gasteiger partial charge on any atom is -0.319 e. The molecule has 0 aliphatic carbocycles. The Labute approximate surface area is 147 Å². The Morgan fingerprint density at radius 3 is 2.70 bits per heavy atom. The van der Waals surface area contributed by atoms with E-state index in [0.29, 0.717) is 22.8 Å². The molecule has 0 atom stereocenters. The van der Waals surface area contributed by atoms with Gasteiger partial charge in [-0.2, -0.15) is 5.10 Å². The van der Waals surface area contributed by atoms with Crippen LogP contribution in [0.5, 0.6) is 0 Å². The number of nitrogens with one attached hydrogen (secondary N) is 1. The molecule has 1 N–H and O–H groups in total. The highest BCUT2D eigenvalue weighted by Crippen LogP contribution is 2.19. The molecule has 3 rings (SSSR count). The second kappa shape index (κ2) is 6.98. The number of nitrogens with zero attached hydrogens (tertiary/aromatic N) is 2. The van der Waals surface area contributed by atoms with E-state index in [0.717, 1.165) is 10.0 Å². The van der Waals surface area contributed by atoms with Crippen molar-refractivity contribution in [2.24, 2.45) is 0 Å². The molecule has 2 aromatic carbocycles. The zero-order valence-corrected chi connectivity index (χ0v) is 14.4. The second-order valence-corrected chi connectivity index (χ2v) is 6.21. The third-order valence-corrected chi connectivity index (χ3v) is 4.36. The number of rotatable bonds is 4. The van der Waals surface area contributed by atoms with Crippen LogP contribution in [0.4, 0.5) is 5.69 Å². The first kappa shape index (κ1) is 15.8. The van der Waals surface area contributed by atoms with Crippen molar-refractivity contribution < 1.29 is 4.79 Å². The zero-order chi connectivity index (χ0) is 16.2. The average molecular weight is 391 g/mol. The Bertz CT molecular complexity index is 847. The molecule has 0 bridgehead atoms. The van der Waals surface area contributed by atoms with E-state index >= 15 is 0 Å². The number of benzene rings is 2. The Hall–Kier alpha value is -2.11. The summed E-state index contributed by atoms with van der Waals surface area (Å²) in [7, 11) is 0. The van der Waals surface area contributed by atoms with E-state index in [1.807, 2.05) is 42.5 Å². The monoisotopic (exact) mass is 389 g/mol. The normalized spacial score (nSPS) is 10.5. The molecule has 3 aromatic rings. The zero-order valence-electron chi connectivity index (χ0n) is 12.0. The Morgan fingerprint density at radius 2 is 1.91 bits per heavy atom. The maximum atomic E-state index is 12.3. The van der Waals surface area contributed by atoms with Gasteiger partial charge in [-0.1, -0.05) is 41.9 Å². The summed E-state index contributed by atoms with van der Waals surface area (Å²) >= 11 is 9.52. The van der Waals surface area contributed by atoms with Crippen LogP contribution >= 0.6 is 27.5 Å². The summed E-state index contributed by atoms with van der Waals surface area (Å²) in [5.74, 6) is -0.185. The van der Waals surface area contributed by atoms with Gasteiger partial charge in [-0.05, 0) is 39.7 Å². The molecule has 6 heteroatoms. The van der Waals surface area contributed by atoms with Crippen LogP contribution < -0.4 is 5.32 Å². The second-order valence-electron chi connectivity index (χ2n) is 4.95. The van der Waals surface area contributed by atoms with Crippen LogP contribution in [0.15, 0.2) is 65.4 Å². The lowest BCUT2D eigenvalue weighted by Crippen LogP contribution is -2.12. The van der Waals surface area contributed by atoms with Gasteiger partial charge < -0.3 is 5.32 Å². The van der Waals surface area contributed by atoms with Gasteiger partial charge in [0, 0.05) is 15.7 Å². The maximum absolute atomic E-state index is 12.3. The highest BCUT2D eigenvalue weighted by molar-refractivity contribution is 9.10. The Morgan fingerprint density at radius 1 is 1.17 bits per heavy atom. The molecule has 0 spiro atoms. The lowest BCUT2D eigenvalue weighted by Gasteiger charge is -2.05. The van der Waals surface area contributed by atoms with Crippen molar-refractivity contribution in [3.8, 4) is 0 Å². The predicted octanol–water partition coefficient (Wildman–Crippen LogP) is 4.60. The molecule has 0 saturated heterocycles. The minimum atomic E-state index is -0.185. The molecule has 1 aromatic heterocycles. The fourth-order valence-electron chi connectivity index (χ4n) is 2.16. The molecule has 1 heterocycles. The number of carbonyl (C=O) groups excluding carboxylic acids is 1. The summed E-state index contributed by atoms with van der Waals surface area (Å²) in [4.78, 5) is 12.3. The van der Waals surface area contributed by atoms with Crippen LogP contribution in [0.2, 0.25) is 5.02 Å². The maximum Gasteiger partial charge on any atom is 0.256 e. The molecule has 4 nitrogen and oxygen atoms in total. The van der Waals surface area contributed by atoms with Crippen molar-refractivity contribution >= 4 is 39.1 Å². The van der Waals surface area contributed by atoms with Crippen LogP contribution in [-0.4, -0.2) is 15.7 Å². The standard InChI is InChI=1S/C17H13BrClN3O/c18-15-7-3-2-6-14(15)17(23)21-13-9-20-22(11-13)10-12-5-1-4-8-16(12)19/h1-9,11H,10H2,(H,21,23). The highest BCUT2D eigenvalue weighted by atomic mass is 79.9. The van der Waals surface area contributed by atoms with Crippen LogP contribution in [-0.2, 0) is 6.54 Å². The molecule has 0 unspecified atom stereocenters. The number of aromatic nitrogens is 2. The van der Waals surface area contributed by atoms with Gasteiger partial charge in [0.05, 0.1) is 24.0 Å². The third-order valence-electron chi connectivity index (χ3n) is 3.30. The summed E-state index contributed by atoms with van der Waals surface area (Å²) < 4.78 is 2.48. The smallest absolute Gasteiger partial charge is 0.256 e. The molecule has 23 heavy (non-hydrogen) atoms. The van der Waals surface area contributed by atoms with E-state index in [1.54, 1.807) is 23.1 Å². The van der Waals surface area contributed by atoms with Crippen molar-refractivity contribution in [3.05, 3.63) is 81.5 Å². The van der Waals surface area contributed by atoms with Crippen LogP contribution in [0.3, 0.4) is 0 Å². The fourth-order valence-corrected chi connectivity index (χ4v) is 2.82. The summed E-state index contributed by atoms with van der Waals surface area (Å²) in [6, 6.07) is 14.9. The lowest BCUT2D eigenvalue weighted by molar-refractivity contribution is 0.102. The molecule has 0 saturated carbocycles. The highest BCUT2D eigenvalue weighted by Gasteiger charge is 2.10. The fraction of sp³-hybridized carbons (Fsp3) is 0.0588. The summed E-state index contributed by atoms with van der Waals surface area (Å²) in [6.07, 6.45) is 3.39. The summed E-state index contributed by atoms with van der Waals surface area (Å²) in [6.45, 7) is 0.546. The van der Waals surface area contributed by atoms with E-state index in [9.17, 15) is 4.79 Å². The number of anilines is 1. The molecular formula is C17H13BrClN3O. The van der Waals surface area contributed by atoms with E-state index in [2.05, 4.69) is 26.3 Å². The number of carbonyl (C=O) groups is 1. The van der Waals surface area contributed by atoms with E-state index in [-0.39, 0.29) is 5.91 Å². The van der Waals surface area contributed by atoms with E-state index < -0.39 is 0 Å². The predicted molar refractivity (Wildman–Crippen MR) is 94.9 cm³/mol. The summed E-state index contributed by atoms with van der Waals surface area (Å²) in [5, 5.41) is 7.78. The van der Waals surface area contributed by atoms with Crippen molar-refractivity contribution in [2.45, 2.75) is 6.54 Å². The third kappa shape index (κ3) is 3.81. The van der Waals surface area contributed by atoms with Gasteiger partial charge in [0.2, 0.25) is 0 Å². The molecule has 0 aliphatic heterocycles. The number of halogens is 2. The van der Waals surface area contributed by atoms with Crippen LogP contribution in [0.1, 0.15) is 15.9 Å². The first-order valence-electron chi connectivity index (χ1n) is 6.95. The van der Waals surface area contributed by atoms with Crippen molar-refractivity contribution in [1.82, 2.24) is 9.78 Å². The van der Waals surface area contributed by atoms with Gasteiger partial charge in [0.15, 0.2) is 0 Å². The SMILES string of the molecule is O=C(Nc1cnn(Cc2ccccc2Cl)c1)c1ccccc1Br. The number of amides is 1. The summed E-state index contributed by atoms with van der Waals surface area (Å²) in [5.41, 5.74) is 2.19. The van der Waals surface area contributed by atoms with Gasteiger partial charge in [0.1, 0.15) is 0 Å². The molecule has 116 valence electrons.